The number of nitrogens with zero attached hydrogens (tertiary/aromatic N) is 1. The molecule has 31 heavy (non-hydrogen) atoms. The van der Waals surface area contributed by atoms with Gasteiger partial charge in [-0.05, 0) is 49.1 Å². The van der Waals surface area contributed by atoms with Gasteiger partial charge in [0.15, 0.2) is 6.29 Å². The molecule has 0 saturated heterocycles. The van der Waals surface area contributed by atoms with E-state index in [9.17, 15) is 5.21 Å². The van der Waals surface area contributed by atoms with Gasteiger partial charge < -0.3 is 9.57 Å². The van der Waals surface area contributed by atoms with Crippen molar-refractivity contribution in [3.8, 4) is 0 Å². The first-order valence-corrected chi connectivity index (χ1v) is 12.0. The SMILES string of the molecule is [O-][N+]1=C[C@H](C2CCCCC2)C[C@@H](O[C@@H]2CCCC2(c2ccccc2)c2ccccc2)O1. The highest BCUT2D eigenvalue weighted by atomic mass is 16.9. The summed E-state index contributed by atoms with van der Waals surface area (Å²) in [5.41, 5.74) is 2.36. The van der Waals surface area contributed by atoms with Crippen LogP contribution in [0.2, 0.25) is 0 Å². The summed E-state index contributed by atoms with van der Waals surface area (Å²) in [6.07, 6.45) is 11.4. The van der Waals surface area contributed by atoms with Crippen molar-refractivity contribution in [3.63, 3.8) is 0 Å². The first kappa shape index (κ1) is 20.6. The lowest BCUT2D eigenvalue weighted by atomic mass is 9.71. The smallest absolute Gasteiger partial charge is 0.213 e. The molecule has 0 bridgehead atoms. The molecule has 4 nitrogen and oxygen atoms in total. The van der Waals surface area contributed by atoms with E-state index in [0.29, 0.717) is 10.8 Å². The standard InChI is InChI=1S/C27H33NO3/c29-28-20-22(21-11-4-1-5-12-21)19-26(31-28)30-25-17-10-18-27(25,23-13-6-2-7-14-23)24-15-8-3-9-16-24/h2-3,6-9,13-16,20-22,25-26H,1,4-5,10-12,17-19H2/t22-,25-,26+/m1/s1. The van der Waals surface area contributed by atoms with E-state index in [0.717, 1.165) is 25.7 Å². The molecule has 0 aromatic heterocycles. The molecule has 2 saturated carbocycles. The van der Waals surface area contributed by atoms with Crippen LogP contribution in [0, 0.1) is 17.0 Å². The number of benzene rings is 2. The van der Waals surface area contributed by atoms with Crippen molar-refractivity contribution in [1.29, 1.82) is 0 Å². The number of ether oxygens (including phenoxy) is 1. The fourth-order valence-electron chi connectivity index (χ4n) is 6.23. The fraction of sp³-hybridized carbons (Fsp3) is 0.519. The molecule has 1 aliphatic heterocycles. The Labute approximate surface area is 185 Å². The maximum atomic E-state index is 12.4. The molecule has 2 aromatic rings. The first-order chi connectivity index (χ1) is 15.3. The number of hydrogen-bond donors (Lipinski definition) is 0. The van der Waals surface area contributed by atoms with Gasteiger partial charge in [0.1, 0.15) is 0 Å². The normalized spacial score (nSPS) is 28.6. The van der Waals surface area contributed by atoms with E-state index in [2.05, 4.69) is 60.7 Å². The zero-order valence-corrected chi connectivity index (χ0v) is 18.2. The van der Waals surface area contributed by atoms with Crippen molar-refractivity contribution in [2.75, 3.05) is 0 Å². The van der Waals surface area contributed by atoms with Crippen molar-refractivity contribution in [3.05, 3.63) is 77.0 Å². The van der Waals surface area contributed by atoms with Gasteiger partial charge in [-0.15, -0.1) is 0 Å². The van der Waals surface area contributed by atoms with E-state index in [1.54, 1.807) is 6.21 Å². The zero-order valence-electron chi connectivity index (χ0n) is 18.2. The van der Waals surface area contributed by atoms with E-state index in [4.69, 9.17) is 9.57 Å². The molecule has 4 heteroatoms. The summed E-state index contributed by atoms with van der Waals surface area (Å²) in [4.78, 5) is 6.31. The van der Waals surface area contributed by atoms with Crippen molar-refractivity contribution >= 4 is 6.21 Å². The highest BCUT2D eigenvalue weighted by Gasteiger charge is 2.48. The quantitative estimate of drug-likeness (QED) is 0.560. The van der Waals surface area contributed by atoms with Gasteiger partial charge in [-0.2, -0.15) is 0 Å². The largest absolute Gasteiger partial charge is 0.372 e. The minimum atomic E-state index is -0.482. The molecule has 1 heterocycles. The Kier molecular flexibility index (Phi) is 5.99. The lowest BCUT2D eigenvalue weighted by Gasteiger charge is -2.40. The molecule has 0 amide bonds. The van der Waals surface area contributed by atoms with Crippen LogP contribution < -0.4 is 0 Å². The molecule has 2 aliphatic carbocycles. The van der Waals surface area contributed by atoms with Gasteiger partial charge in [0.2, 0.25) is 6.21 Å². The van der Waals surface area contributed by atoms with Gasteiger partial charge in [0.05, 0.1) is 6.10 Å². The summed E-state index contributed by atoms with van der Waals surface area (Å²) in [5, 5.41) is 12.4. The van der Waals surface area contributed by atoms with E-state index < -0.39 is 6.29 Å². The van der Waals surface area contributed by atoms with Crippen molar-refractivity contribution in [2.45, 2.75) is 75.6 Å². The Hall–Kier alpha value is -2.33. The predicted molar refractivity (Wildman–Crippen MR) is 122 cm³/mol. The van der Waals surface area contributed by atoms with Crippen LogP contribution in [-0.2, 0) is 15.0 Å². The number of rotatable bonds is 5. The molecule has 3 aliphatic rings. The summed E-state index contributed by atoms with van der Waals surface area (Å²) >= 11 is 0. The van der Waals surface area contributed by atoms with Crippen LogP contribution in [0.1, 0.15) is 68.9 Å². The summed E-state index contributed by atoms with van der Waals surface area (Å²) in [6.45, 7) is 0. The molecule has 2 aromatic carbocycles. The van der Waals surface area contributed by atoms with Crippen LogP contribution in [0.4, 0.5) is 0 Å². The lowest BCUT2D eigenvalue weighted by molar-refractivity contribution is -0.770. The zero-order chi connectivity index (χ0) is 21.1. The summed E-state index contributed by atoms with van der Waals surface area (Å²) < 4.78 is 6.68. The highest BCUT2D eigenvalue weighted by molar-refractivity contribution is 5.56. The van der Waals surface area contributed by atoms with E-state index in [1.165, 1.54) is 43.2 Å². The van der Waals surface area contributed by atoms with E-state index >= 15 is 0 Å². The van der Waals surface area contributed by atoms with Crippen LogP contribution in [0.25, 0.3) is 0 Å². The van der Waals surface area contributed by atoms with Crippen LogP contribution >= 0.6 is 0 Å². The maximum absolute atomic E-state index is 12.4. The van der Waals surface area contributed by atoms with Crippen molar-refractivity contribution < 1.29 is 14.5 Å². The van der Waals surface area contributed by atoms with Gasteiger partial charge in [0, 0.05) is 22.7 Å². The Balaban J connectivity index is 1.41. The lowest BCUT2D eigenvalue weighted by Crippen LogP contribution is -2.44. The van der Waals surface area contributed by atoms with Crippen LogP contribution in [0.15, 0.2) is 60.7 Å². The van der Waals surface area contributed by atoms with Crippen LogP contribution in [0.5, 0.6) is 0 Å². The Bertz CT molecular complexity index is 836. The van der Waals surface area contributed by atoms with Gasteiger partial charge >= 0.3 is 0 Å². The maximum Gasteiger partial charge on any atom is 0.213 e. The second kappa shape index (κ2) is 9.04. The first-order valence-electron chi connectivity index (χ1n) is 12.0. The summed E-state index contributed by atoms with van der Waals surface area (Å²) in [5.74, 6) is 0.831. The summed E-state index contributed by atoms with van der Waals surface area (Å²) in [6, 6.07) is 21.4. The molecular weight excluding hydrogens is 386 g/mol. The Morgan fingerprint density at radius 1 is 0.839 bits per heavy atom. The number of hydrogen-bond acceptors (Lipinski definition) is 3. The molecule has 2 fully saturated rings. The average molecular weight is 420 g/mol. The van der Waals surface area contributed by atoms with Crippen LogP contribution in [-0.4, -0.2) is 23.5 Å². The predicted octanol–water partition coefficient (Wildman–Crippen LogP) is 5.98. The molecule has 3 atom stereocenters. The third-order valence-electron chi connectivity index (χ3n) is 7.74. The fourth-order valence-corrected chi connectivity index (χ4v) is 6.23. The minimum Gasteiger partial charge on any atom is -0.372 e. The molecule has 0 spiro atoms. The molecule has 164 valence electrons. The van der Waals surface area contributed by atoms with Gasteiger partial charge in [-0.1, -0.05) is 79.9 Å². The van der Waals surface area contributed by atoms with E-state index in [-0.39, 0.29) is 17.4 Å². The minimum absolute atomic E-state index is 0.0131. The average Bonchev–Trinajstić information content (AvgIpc) is 3.25. The van der Waals surface area contributed by atoms with Crippen LogP contribution in [0.3, 0.4) is 0 Å². The highest BCUT2D eigenvalue weighted by Crippen LogP contribution is 2.49. The molecule has 0 unspecified atom stereocenters. The Morgan fingerprint density at radius 2 is 1.48 bits per heavy atom. The van der Waals surface area contributed by atoms with Crippen molar-refractivity contribution in [1.82, 2.24) is 0 Å². The molecule has 0 N–H and O–H groups in total. The molecular formula is C27H33NO3. The monoisotopic (exact) mass is 419 g/mol. The van der Waals surface area contributed by atoms with Gasteiger partial charge in [-0.3, -0.25) is 5.21 Å². The molecule has 5 rings (SSSR count). The Morgan fingerprint density at radius 3 is 2.13 bits per heavy atom. The van der Waals surface area contributed by atoms with Gasteiger partial charge in [0.25, 0.3) is 0 Å². The van der Waals surface area contributed by atoms with Crippen molar-refractivity contribution in [2.24, 2.45) is 11.8 Å². The van der Waals surface area contributed by atoms with Gasteiger partial charge in [-0.25, -0.2) is 0 Å². The summed E-state index contributed by atoms with van der Waals surface area (Å²) in [7, 11) is 0. The third-order valence-corrected chi connectivity index (χ3v) is 7.74. The second-order valence-electron chi connectivity index (χ2n) is 9.49. The second-order valence-corrected chi connectivity index (χ2v) is 9.49. The van der Waals surface area contributed by atoms with E-state index in [1.807, 2.05) is 0 Å². The molecule has 0 radical (unpaired) electrons. The third kappa shape index (κ3) is 4.10. The topological polar surface area (TPSA) is 44.5 Å².